The Bertz CT molecular complexity index is 520. The van der Waals surface area contributed by atoms with E-state index in [-0.39, 0.29) is 15.5 Å². The molecule has 0 unspecified atom stereocenters. The van der Waals surface area contributed by atoms with Crippen molar-refractivity contribution in [2.24, 2.45) is 0 Å². The monoisotopic (exact) mass is 262 g/mol. The van der Waals surface area contributed by atoms with Crippen LogP contribution in [0.5, 0.6) is 0 Å². The molecule has 1 rings (SSSR count). The molecule has 0 spiro atoms. The van der Waals surface area contributed by atoms with Crippen molar-refractivity contribution >= 4 is 27.4 Å². The summed E-state index contributed by atoms with van der Waals surface area (Å²) in [5.74, 6) is -1.24. The summed E-state index contributed by atoms with van der Waals surface area (Å²) >= 11 is 5.65. The zero-order valence-electron chi connectivity index (χ0n) is 8.77. The lowest BCUT2D eigenvalue weighted by Crippen LogP contribution is -2.14. The Morgan fingerprint density at radius 1 is 1.38 bits per heavy atom. The average molecular weight is 263 g/mol. The van der Waals surface area contributed by atoms with Gasteiger partial charge in [-0.2, -0.15) is 0 Å². The molecule has 0 atom stereocenters. The summed E-state index contributed by atoms with van der Waals surface area (Å²) in [4.78, 5) is 10.8. The van der Waals surface area contributed by atoms with Gasteiger partial charge in [-0.1, -0.05) is 11.6 Å². The van der Waals surface area contributed by atoms with Gasteiger partial charge in [0.2, 0.25) is 0 Å². The van der Waals surface area contributed by atoms with Crippen molar-refractivity contribution in [1.29, 1.82) is 0 Å². The van der Waals surface area contributed by atoms with E-state index in [9.17, 15) is 13.2 Å². The first-order chi connectivity index (χ1) is 7.26. The summed E-state index contributed by atoms with van der Waals surface area (Å²) in [6.07, 6.45) is 0. The third kappa shape index (κ3) is 2.36. The molecule has 16 heavy (non-hydrogen) atoms. The molecule has 4 nitrogen and oxygen atoms in total. The van der Waals surface area contributed by atoms with E-state index in [0.29, 0.717) is 0 Å². The Kier molecular flexibility index (Phi) is 3.60. The number of benzene rings is 1. The number of aromatic carboxylic acids is 1. The van der Waals surface area contributed by atoms with Crippen LogP contribution >= 0.6 is 11.6 Å². The van der Waals surface area contributed by atoms with Crippen molar-refractivity contribution < 1.29 is 18.3 Å². The number of halogens is 1. The molecule has 0 heterocycles. The van der Waals surface area contributed by atoms with Gasteiger partial charge in [0.05, 0.1) is 20.7 Å². The molecule has 1 aromatic rings. The molecule has 0 saturated heterocycles. The van der Waals surface area contributed by atoms with Gasteiger partial charge in [-0.3, -0.25) is 0 Å². The SMILES string of the molecule is CC(C)S(=O)(=O)c1ccc(Cl)c(C(=O)O)c1. The van der Waals surface area contributed by atoms with E-state index in [2.05, 4.69) is 0 Å². The minimum atomic E-state index is -3.47. The number of hydrogen-bond donors (Lipinski definition) is 1. The van der Waals surface area contributed by atoms with Crippen LogP contribution in [-0.2, 0) is 9.84 Å². The van der Waals surface area contributed by atoms with Crippen molar-refractivity contribution in [2.75, 3.05) is 0 Å². The highest BCUT2D eigenvalue weighted by Gasteiger charge is 2.21. The number of carboxylic acid groups (broad SMARTS) is 1. The highest BCUT2D eigenvalue weighted by molar-refractivity contribution is 7.92. The molecule has 88 valence electrons. The lowest BCUT2D eigenvalue weighted by molar-refractivity contribution is 0.0697. The zero-order chi connectivity index (χ0) is 12.5. The first kappa shape index (κ1) is 13.0. The smallest absolute Gasteiger partial charge is 0.337 e. The molecule has 0 saturated carbocycles. The Balaban J connectivity index is 3.40. The van der Waals surface area contributed by atoms with Crippen LogP contribution in [0.25, 0.3) is 0 Å². The van der Waals surface area contributed by atoms with E-state index in [1.54, 1.807) is 0 Å². The van der Waals surface area contributed by atoms with Gasteiger partial charge in [-0.15, -0.1) is 0 Å². The van der Waals surface area contributed by atoms with Gasteiger partial charge in [0.25, 0.3) is 0 Å². The first-order valence-electron chi connectivity index (χ1n) is 4.53. The molecule has 0 aromatic heterocycles. The summed E-state index contributed by atoms with van der Waals surface area (Å²) in [5.41, 5.74) is -0.205. The summed E-state index contributed by atoms with van der Waals surface area (Å²) in [6, 6.07) is 3.67. The van der Waals surface area contributed by atoms with Crippen LogP contribution in [0.3, 0.4) is 0 Å². The van der Waals surface area contributed by atoms with Crippen molar-refractivity contribution in [3.05, 3.63) is 28.8 Å². The quantitative estimate of drug-likeness (QED) is 0.907. The molecule has 0 bridgehead atoms. The fourth-order valence-electron chi connectivity index (χ4n) is 1.12. The van der Waals surface area contributed by atoms with E-state index < -0.39 is 21.1 Å². The van der Waals surface area contributed by atoms with Crippen LogP contribution in [0, 0.1) is 0 Å². The van der Waals surface area contributed by atoms with Crippen LogP contribution in [0.15, 0.2) is 23.1 Å². The maximum absolute atomic E-state index is 11.8. The minimum absolute atomic E-state index is 0.0233. The largest absolute Gasteiger partial charge is 0.478 e. The van der Waals surface area contributed by atoms with Crippen LogP contribution in [0.2, 0.25) is 5.02 Å². The number of hydrogen-bond acceptors (Lipinski definition) is 3. The molecule has 0 aliphatic carbocycles. The van der Waals surface area contributed by atoms with Gasteiger partial charge in [0.1, 0.15) is 0 Å². The van der Waals surface area contributed by atoms with Crippen molar-refractivity contribution in [1.82, 2.24) is 0 Å². The lowest BCUT2D eigenvalue weighted by atomic mass is 10.2. The molecule has 0 fully saturated rings. The lowest BCUT2D eigenvalue weighted by Gasteiger charge is -2.08. The molecule has 0 radical (unpaired) electrons. The molecule has 6 heteroatoms. The Hall–Kier alpha value is -1.07. The molecular weight excluding hydrogens is 252 g/mol. The molecule has 0 aliphatic rings. The molecule has 0 amide bonds. The summed E-state index contributed by atoms with van der Waals surface area (Å²) in [5, 5.41) is 8.24. The Morgan fingerprint density at radius 3 is 2.38 bits per heavy atom. The Labute approximate surface area is 98.8 Å². The first-order valence-corrected chi connectivity index (χ1v) is 6.46. The van der Waals surface area contributed by atoms with Crippen LogP contribution < -0.4 is 0 Å². The van der Waals surface area contributed by atoms with Crippen molar-refractivity contribution in [3.63, 3.8) is 0 Å². The second kappa shape index (κ2) is 4.43. The normalized spacial score (nSPS) is 11.8. The predicted molar refractivity (Wildman–Crippen MR) is 60.7 cm³/mol. The Morgan fingerprint density at radius 2 is 1.94 bits per heavy atom. The molecule has 1 N–H and O–H groups in total. The van der Waals surface area contributed by atoms with E-state index in [4.69, 9.17) is 16.7 Å². The number of carboxylic acids is 1. The second-order valence-corrected chi connectivity index (χ2v) is 6.45. The van der Waals surface area contributed by atoms with Gasteiger partial charge >= 0.3 is 5.97 Å². The van der Waals surface area contributed by atoms with Gasteiger partial charge in [0.15, 0.2) is 9.84 Å². The summed E-state index contributed by atoms with van der Waals surface area (Å²) < 4.78 is 23.6. The molecular formula is C10H11ClO4S. The number of rotatable bonds is 3. The highest BCUT2D eigenvalue weighted by atomic mass is 35.5. The molecule has 0 aliphatic heterocycles. The van der Waals surface area contributed by atoms with Crippen LogP contribution in [-0.4, -0.2) is 24.7 Å². The van der Waals surface area contributed by atoms with E-state index >= 15 is 0 Å². The summed E-state index contributed by atoms with van der Waals surface area (Å²) in [6.45, 7) is 3.06. The van der Waals surface area contributed by atoms with Gasteiger partial charge in [0, 0.05) is 0 Å². The van der Waals surface area contributed by atoms with Gasteiger partial charge in [-0.05, 0) is 32.0 Å². The maximum Gasteiger partial charge on any atom is 0.337 e. The number of sulfone groups is 1. The van der Waals surface area contributed by atoms with E-state index in [1.807, 2.05) is 0 Å². The van der Waals surface area contributed by atoms with Gasteiger partial charge in [-0.25, -0.2) is 13.2 Å². The predicted octanol–water partition coefficient (Wildman–Crippen LogP) is 2.22. The fourth-order valence-corrected chi connectivity index (χ4v) is 2.40. The maximum atomic E-state index is 11.8. The van der Waals surface area contributed by atoms with E-state index in [0.717, 1.165) is 6.07 Å². The van der Waals surface area contributed by atoms with E-state index in [1.165, 1.54) is 26.0 Å². The van der Waals surface area contributed by atoms with Crippen molar-refractivity contribution in [2.45, 2.75) is 24.0 Å². The topological polar surface area (TPSA) is 71.4 Å². The van der Waals surface area contributed by atoms with Crippen LogP contribution in [0.4, 0.5) is 0 Å². The third-order valence-corrected chi connectivity index (χ3v) is 4.60. The average Bonchev–Trinajstić information content (AvgIpc) is 2.17. The van der Waals surface area contributed by atoms with Crippen LogP contribution in [0.1, 0.15) is 24.2 Å². The fraction of sp³-hybridized carbons (Fsp3) is 0.300. The molecule has 1 aromatic carbocycles. The zero-order valence-corrected chi connectivity index (χ0v) is 10.3. The third-order valence-electron chi connectivity index (χ3n) is 2.12. The number of carbonyl (C=O) groups is 1. The second-order valence-electron chi connectivity index (χ2n) is 3.54. The standard InChI is InChI=1S/C10H11ClO4S/c1-6(2)16(14,15)7-3-4-9(11)8(5-7)10(12)13/h3-6H,1-2H3,(H,12,13). The highest BCUT2D eigenvalue weighted by Crippen LogP contribution is 2.23. The van der Waals surface area contributed by atoms with Crippen molar-refractivity contribution in [3.8, 4) is 0 Å². The summed E-state index contributed by atoms with van der Waals surface area (Å²) in [7, 11) is -3.47. The minimum Gasteiger partial charge on any atom is -0.478 e. The van der Waals surface area contributed by atoms with Gasteiger partial charge < -0.3 is 5.11 Å².